The highest BCUT2D eigenvalue weighted by Crippen LogP contribution is 2.23. The van der Waals surface area contributed by atoms with Gasteiger partial charge in [0.1, 0.15) is 6.07 Å². The summed E-state index contributed by atoms with van der Waals surface area (Å²) in [7, 11) is 0. The molecule has 3 heteroatoms. The third-order valence-electron chi connectivity index (χ3n) is 3.66. The van der Waals surface area contributed by atoms with Crippen LogP contribution in [0.5, 0.6) is 0 Å². The number of nitriles is 1. The quantitative estimate of drug-likeness (QED) is 0.788. The fourth-order valence-electron chi connectivity index (χ4n) is 2.23. The van der Waals surface area contributed by atoms with E-state index in [0.717, 1.165) is 37.2 Å². The number of benzene rings is 1. The van der Waals surface area contributed by atoms with Crippen LogP contribution in [0.3, 0.4) is 0 Å². The van der Waals surface area contributed by atoms with Crippen LogP contribution in [-0.4, -0.2) is 18.2 Å². The van der Waals surface area contributed by atoms with Gasteiger partial charge in [-0.1, -0.05) is 33.8 Å². The first-order valence-electron chi connectivity index (χ1n) is 7.86. The molecule has 0 bridgehead atoms. The zero-order chi connectivity index (χ0) is 15.8. The molecule has 0 aliphatic carbocycles. The van der Waals surface area contributed by atoms with Crippen LogP contribution in [0.4, 0.5) is 5.69 Å². The van der Waals surface area contributed by atoms with Crippen molar-refractivity contribution in [2.45, 2.75) is 47.1 Å². The van der Waals surface area contributed by atoms with Crippen molar-refractivity contribution in [3.05, 3.63) is 29.3 Å². The van der Waals surface area contributed by atoms with Crippen molar-refractivity contribution in [1.82, 2.24) is 0 Å². The minimum absolute atomic E-state index is 0.0209. The Morgan fingerprint density at radius 3 is 2.10 bits per heavy atom. The SMILES string of the molecule is CC(C)CCN(CCC(C)C)c1ccc(CO)cc1C#N. The fraction of sp³-hybridized carbons (Fsp3) is 0.611. The molecule has 0 unspecified atom stereocenters. The maximum absolute atomic E-state index is 9.38. The second-order valence-corrected chi connectivity index (χ2v) is 6.47. The normalized spacial score (nSPS) is 11.0. The van der Waals surface area contributed by atoms with E-state index in [1.807, 2.05) is 12.1 Å². The minimum Gasteiger partial charge on any atom is -0.392 e. The van der Waals surface area contributed by atoms with Crippen molar-refractivity contribution in [2.24, 2.45) is 11.8 Å². The molecule has 0 aliphatic rings. The van der Waals surface area contributed by atoms with E-state index in [1.54, 1.807) is 6.07 Å². The number of rotatable bonds is 8. The summed E-state index contributed by atoms with van der Waals surface area (Å²) < 4.78 is 0. The second kappa shape index (κ2) is 8.69. The number of hydrogen-bond donors (Lipinski definition) is 1. The Hall–Kier alpha value is -1.53. The number of hydrogen-bond acceptors (Lipinski definition) is 3. The van der Waals surface area contributed by atoms with Gasteiger partial charge < -0.3 is 10.0 Å². The van der Waals surface area contributed by atoms with Crippen molar-refractivity contribution >= 4 is 5.69 Å². The van der Waals surface area contributed by atoms with Gasteiger partial charge in [0.25, 0.3) is 0 Å². The molecule has 0 aromatic heterocycles. The summed E-state index contributed by atoms with van der Waals surface area (Å²) in [5.41, 5.74) is 2.45. The molecule has 0 saturated heterocycles. The van der Waals surface area contributed by atoms with Crippen molar-refractivity contribution in [1.29, 1.82) is 5.26 Å². The summed E-state index contributed by atoms with van der Waals surface area (Å²) in [6.45, 7) is 10.8. The Labute approximate surface area is 129 Å². The van der Waals surface area contributed by atoms with Gasteiger partial charge in [0.15, 0.2) is 0 Å². The first kappa shape index (κ1) is 17.5. The van der Waals surface area contributed by atoms with Gasteiger partial charge in [-0.25, -0.2) is 0 Å². The van der Waals surface area contributed by atoms with Crippen LogP contribution in [0.15, 0.2) is 18.2 Å². The lowest BCUT2D eigenvalue weighted by Crippen LogP contribution is -2.28. The molecule has 1 aromatic rings. The average Bonchev–Trinajstić information content (AvgIpc) is 2.46. The van der Waals surface area contributed by atoms with E-state index in [4.69, 9.17) is 0 Å². The maximum Gasteiger partial charge on any atom is 0.101 e. The molecule has 3 nitrogen and oxygen atoms in total. The van der Waals surface area contributed by atoms with Crippen LogP contribution in [0.2, 0.25) is 0 Å². The van der Waals surface area contributed by atoms with Crippen molar-refractivity contribution in [3.63, 3.8) is 0 Å². The molecular formula is C18H28N2O. The highest BCUT2D eigenvalue weighted by atomic mass is 16.3. The van der Waals surface area contributed by atoms with Gasteiger partial charge in [0.2, 0.25) is 0 Å². The largest absolute Gasteiger partial charge is 0.392 e. The van der Waals surface area contributed by atoms with Gasteiger partial charge in [-0.05, 0) is 42.4 Å². The molecule has 1 aromatic carbocycles. The Morgan fingerprint density at radius 1 is 1.10 bits per heavy atom. The van der Waals surface area contributed by atoms with Crippen LogP contribution in [0, 0.1) is 23.2 Å². The van der Waals surface area contributed by atoms with Crippen LogP contribution in [0.25, 0.3) is 0 Å². The highest BCUT2D eigenvalue weighted by molar-refractivity contribution is 5.60. The van der Waals surface area contributed by atoms with E-state index in [2.05, 4.69) is 38.7 Å². The Bertz CT molecular complexity index is 463. The van der Waals surface area contributed by atoms with Gasteiger partial charge in [0, 0.05) is 13.1 Å². The standard InChI is InChI=1S/C18H28N2O/c1-14(2)7-9-20(10-8-15(3)4)18-6-5-16(13-21)11-17(18)12-19/h5-6,11,14-15,21H,7-10,13H2,1-4H3. The Morgan fingerprint density at radius 2 is 1.67 bits per heavy atom. The molecule has 1 rings (SSSR count). The van der Waals surface area contributed by atoms with Crippen LogP contribution in [-0.2, 0) is 6.61 Å². The van der Waals surface area contributed by atoms with Gasteiger partial charge in [-0.2, -0.15) is 5.26 Å². The topological polar surface area (TPSA) is 47.3 Å². The van der Waals surface area contributed by atoms with Crippen LogP contribution >= 0.6 is 0 Å². The zero-order valence-electron chi connectivity index (χ0n) is 13.8. The first-order chi connectivity index (χ1) is 9.97. The third-order valence-corrected chi connectivity index (χ3v) is 3.66. The summed E-state index contributed by atoms with van der Waals surface area (Å²) >= 11 is 0. The number of aliphatic hydroxyl groups excluding tert-OH is 1. The smallest absolute Gasteiger partial charge is 0.101 e. The van der Waals surface area contributed by atoms with E-state index in [1.165, 1.54) is 0 Å². The lowest BCUT2D eigenvalue weighted by atomic mass is 10.0. The van der Waals surface area contributed by atoms with Crippen LogP contribution in [0.1, 0.15) is 51.7 Å². The molecule has 0 aliphatic heterocycles. The molecule has 0 heterocycles. The van der Waals surface area contributed by atoms with Crippen LogP contribution < -0.4 is 4.90 Å². The number of aliphatic hydroxyl groups is 1. The molecular weight excluding hydrogens is 260 g/mol. The Balaban J connectivity index is 2.97. The third kappa shape index (κ3) is 5.77. The second-order valence-electron chi connectivity index (χ2n) is 6.47. The van der Waals surface area contributed by atoms with Gasteiger partial charge >= 0.3 is 0 Å². The van der Waals surface area contributed by atoms with E-state index in [9.17, 15) is 10.4 Å². The van der Waals surface area contributed by atoms with Crippen molar-refractivity contribution in [3.8, 4) is 6.07 Å². The molecule has 0 radical (unpaired) electrons. The molecule has 0 atom stereocenters. The molecule has 0 saturated carbocycles. The highest BCUT2D eigenvalue weighted by Gasteiger charge is 2.13. The average molecular weight is 288 g/mol. The zero-order valence-corrected chi connectivity index (χ0v) is 13.8. The van der Waals surface area contributed by atoms with E-state index < -0.39 is 0 Å². The van der Waals surface area contributed by atoms with E-state index in [0.29, 0.717) is 17.4 Å². The van der Waals surface area contributed by atoms with Gasteiger partial charge in [0.05, 0.1) is 17.9 Å². The predicted molar refractivity (Wildman–Crippen MR) is 88.2 cm³/mol. The molecule has 0 spiro atoms. The molecule has 1 N–H and O–H groups in total. The van der Waals surface area contributed by atoms with E-state index in [-0.39, 0.29) is 6.61 Å². The lowest BCUT2D eigenvalue weighted by Gasteiger charge is -2.27. The monoisotopic (exact) mass is 288 g/mol. The summed E-state index contributed by atoms with van der Waals surface area (Å²) in [5.74, 6) is 1.29. The van der Waals surface area contributed by atoms with Crippen molar-refractivity contribution < 1.29 is 5.11 Å². The number of anilines is 1. The fourth-order valence-corrected chi connectivity index (χ4v) is 2.23. The molecule has 21 heavy (non-hydrogen) atoms. The summed E-state index contributed by atoms with van der Waals surface area (Å²) in [4.78, 5) is 2.32. The lowest BCUT2D eigenvalue weighted by molar-refractivity contribution is 0.282. The summed E-state index contributed by atoms with van der Waals surface area (Å²) in [6, 6.07) is 7.96. The van der Waals surface area contributed by atoms with E-state index >= 15 is 0 Å². The molecule has 0 fully saturated rings. The summed E-state index contributed by atoms with van der Waals surface area (Å²) in [5, 5.41) is 18.6. The molecule has 116 valence electrons. The maximum atomic E-state index is 9.38. The van der Waals surface area contributed by atoms with Gasteiger partial charge in [-0.15, -0.1) is 0 Å². The minimum atomic E-state index is -0.0209. The predicted octanol–water partition coefficient (Wildman–Crippen LogP) is 3.95. The van der Waals surface area contributed by atoms with Crippen molar-refractivity contribution in [2.75, 3.05) is 18.0 Å². The molecule has 0 amide bonds. The van der Waals surface area contributed by atoms with Gasteiger partial charge in [-0.3, -0.25) is 0 Å². The first-order valence-corrected chi connectivity index (χ1v) is 7.86. The Kier molecular flexibility index (Phi) is 7.25. The summed E-state index contributed by atoms with van der Waals surface area (Å²) in [6.07, 6.45) is 2.23. The number of nitrogens with zero attached hydrogens (tertiary/aromatic N) is 2.